The van der Waals surface area contributed by atoms with Crippen molar-refractivity contribution < 1.29 is 9.66 Å². The summed E-state index contributed by atoms with van der Waals surface area (Å²) in [5.74, 6) is 0.673. The highest BCUT2D eigenvalue weighted by molar-refractivity contribution is 5.99. The number of rotatable bonds is 3. The van der Waals surface area contributed by atoms with E-state index in [9.17, 15) is 14.9 Å². The topological polar surface area (TPSA) is 77.6 Å². The summed E-state index contributed by atoms with van der Waals surface area (Å²) in [6.07, 6.45) is 0.750. The lowest BCUT2D eigenvalue weighted by atomic mass is 10.1. The van der Waals surface area contributed by atoms with Crippen LogP contribution in [0.15, 0.2) is 47.3 Å². The van der Waals surface area contributed by atoms with Gasteiger partial charge in [-0.2, -0.15) is 0 Å². The molecule has 0 N–H and O–H groups in total. The van der Waals surface area contributed by atoms with Crippen LogP contribution in [0.1, 0.15) is 5.56 Å². The molecule has 0 spiro atoms. The van der Waals surface area contributed by atoms with Crippen molar-refractivity contribution in [3.8, 4) is 5.75 Å². The number of benzene rings is 2. The van der Waals surface area contributed by atoms with Gasteiger partial charge in [0.25, 0.3) is 0 Å². The number of hydrogen-bond donors (Lipinski definition) is 0. The highest BCUT2D eigenvalue weighted by atomic mass is 16.6. The quantitative estimate of drug-likeness (QED) is 0.535. The Kier molecular flexibility index (Phi) is 3.64. The van der Waals surface area contributed by atoms with Crippen molar-refractivity contribution in [2.24, 2.45) is 7.05 Å². The van der Waals surface area contributed by atoms with E-state index in [1.165, 1.54) is 4.57 Å². The molecule has 0 bridgehead atoms. The lowest BCUT2D eigenvalue weighted by Crippen LogP contribution is -2.25. The van der Waals surface area contributed by atoms with Gasteiger partial charge in [-0.15, -0.1) is 0 Å². The van der Waals surface area contributed by atoms with Gasteiger partial charge in [0, 0.05) is 30.7 Å². The number of para-hydroxylation sites is 1. The van der Waals surface area contributed by atoms with Gasteiger partial charge in [0.1, 0.15) is 11.4 Å². The summed E-state index contributed by atoms with van der Waals surface area (Å²) in [6.45, 7) is 0.570. The maximum atomic E-state index is 12.7. The summed E-state index contributed by atoms with van der Waals surface area (Å²) in [5, 5.41) is 12.4. The number of aromatic nitrogens is 1. The molecule has 1 aromatic heterocycles. The van der Waals surface area contributed by atoms with Crippen molar-refractivity contribution in [2.45, 2.75) is 6.42 Å². The van der Waals surface area contributed by atoms with E-state index in [-0.39, 0.29) is 0 Å². The number of nitrogens with zero attached hydrogens (tertiary/aromatic N) is 3. The fourth-order valence-electron chi connectivity index (χ4n) is 3.62. The Hall–Kier alpha value is -3.35. The van der Waals surface area contributed by atoms with E-state index in [0.717, 1.165) is 17.7 Å². The number of hydrogen-bond acceptors (Lipinski definition) is 5. The second kappa shape index (κ2) is 5.87. The molecule has 0 unspecified atom stereocenters. The molecule has 132 valence electrons. The molecule has 1 aliphatic rings. The lowest BCUT2D eigenvalue weighted by Gasteiger charge is -2.22. The molecule has 3 aromatic rings. The van der Waals surface area contributed by atoms with Gasteiger partial charge in [-0.05, 0) is 24.1 Å². The fourth-order valence-corrected chi connectivity index (χ4v) is 3.62. The first-order chi connectivity index (χ1) is 12.5. The van der Waals surface area contributed by atoms with Gasteiger partial charge in [-0.3, -0.25) is 14.9 Å². The van der Waals surface area contributed by atoms with E-state index in [1.807, 2.05) is 41.3 Å². The Morgan fingerprint density at radius 3 is 2.69 bits per heavy atom. The Balaban J connectivity index is 2.08. The largest absolute Gasteiger partial charge is 0.497 e. The van der Waals surface area contributed by atoms with Crippen LogP contribution in [0, 0.1) is 10.1 Å². The summed E-state index contributed by atoms with van der Waals surface area (Å²) in [4.78, 5) is 25.8. The maximum Gasteiger partial charge on any atom is 0.358 e. The SMILES string of the molecule is COc1ccc2c(c1)N(c1c([N+](=O)[O-])c(=O)n(C)c3ccccc13)CC2. The first-order valence-electron chi connectivity index (χ1n) is 8.23. The summed E-state index contributed by atoms with van der Waals surface area (Å²) >= 11 is 0. The van der Waals surface area contributed by atoms with Crippen molar-refractivity contribution in [1.82, 2.24) is 4.57 Å². The zero-order chi connectivity index (χ0) is 18.4. The lowest BCUT2D eigenvalue weighted by molar-refractivity contribution is -0.385. The Bertz CT molecular complexity index is 1100. The predicted octanol–water partition coefficient (Wildman–Crippen LogP) is 3.15. The Morgan fingerprint density at radius 2 is 1.96 bits per heavy atom. The van der Waals surface area contributed by atoms with Crippen LogP contribution in [0.25, 0.3) is 10.9 Å². The number of ether oxygens (including phenoxy) is 1. The standard InChI is InChI=1S/C19H17N3O4/c1-20-15-6-4-3-5-14(15)17(18(19(20)23)22(24)25)21-10-9-12-7-8-13(26-2)11-16(12)21/h3-8,11H,9-10H2,1-2H3. The normalized spacial score (nSPS) is 13.1. The first-order valence-corrected chi connectivity index (χ1v) is 8.23. The zero-order valence-corrected chi connectivity index (χ0v) is 14.4. The number of fused-ring (bicyclic) bond motifs is 2. The van der Waals surface area contributed by atoms with Crippen LogP contribution in [0.4, 0.5) is 17.1 Å². The Morgan fingerprint density at radius 1 is 1.19 bits per heavy atom. The zero-order valence-electron chi connectivity index (χ0n) is 14.4. The van der Waals surface area contributed by atoms with E-state index in [1.54, 1.807) is 20.2 Å². The highest BCUT2D eigenvalue weighted by Gasteiger charge is 2.32. The second-order valence-corrected chi connectivity index (χ2v) is 6.23. The molecule has 0 radical (unpaired) electrons. The molecule has 2 heterocycles. The molecular weight excluding hydrogens is 334 g/mol. The average molecular weight is 351 g/mol. The monoisotopic (exact) mass is 351 g/mol. The van der Waals surface area contributed by atoms with Crippen LogP contribution in [0.2, 0.25) is 0 Å². The first kappa shape index (κ1) is 16.1. The van der Waals surface area contributed by atoms with Crippen molar-refractivity contribution in [2.75, 3.05) is 18.6 Å². The summed E-state index contributed by atoms with van der Waals surface area (Å²) in [7, 11) is 3.14. The van der Waals surface area contributed by atoms with E-state index >= 15 is 0 Å². The van der Waals surface area contributed by atoms with Crippen molar-refractivity contribution >= 4 is 28.0 Å². The molecule has 4 rings (SSSR count). The number of aryl methyl sites for hydroxylation is 1. The second-order valence-electron chi connectivity index (χ2n) is 6.23. The van der Waals surface area contributed by atoms with Crippen LogP contribution in [-0.2, 0) is 13.5 Å². The summed E-state index contributed by atoms with van der Waals surface area (Å²) in [5.41, 5.74) is 1.91. The van der Waals surface area contributed by atoms with E-state index < -0.39 is 16.2 Å². The van der Waals surface area contributed by atoms with E-state index in [2.05, 4.69) is 0 Å². The predicted molar refractivity (Wildman–Crippen MR) is 99.5 cm³/mol. The van der Waals surface area contributed by atoms with Crippen LogP contribution in [0.3, 0.4) is 0 Å². The van der Waals surface area contributed by atoms with Crippen LogP contribution >= 0.6 is 0 Å². The number of methoxy groups -OCH3 is 1. The molecule has 0 amide bonds. The number of nitro groups is 1. The fraction of sp³-hybridized carbons (Fsp3) is 0.211. The molecule has 2 aromatic carbocycles. The minimum absolute atomic E-state index is 0.348. The third kappa shape index (κ3) is 2.24. The number of anilines is 2. The molecule has 0 saturated carbocycles. The molecule has 0 aliphatic carbocycles. The van der Waals surface area contributed by atoms with Gasteiger partial charge >= 0.3 is 11.2 Å². The molecule has 0 saturated heterocycles. The van der Waals surface area contributed by atoms with Crippen molar-refractivity contribution in [1.29, 1.82) is 0 Å². The van der Waals surface area contributed by atoms with Crippen molar-refractivity contribution in [3.63, 3.8) is 0 Å². The minimum Gasteiger partial charge on any atom is -0.497 e. The summed E-state index contributed by atoms with van der Waals surface area (Å²) in [6, 6.07) is 12.9. The highest BCUT2D eigenvalue weighted by Crippen LogP contribution is 2.43. The smallest absolute Gasteiger partial charge is 0.358 e. The van der Waals surface area contributed by atoms with Gasteiger partial charge in [0.15, 0.2) is 0 Å². The van der Waals surface area contributed by atoms with Gasteiger partial charge in [-0.1, -0.05) is 24.3 Å². The van der Waals surface area contributed by atoms with Crippen LogP contribution in [-0.4, -0.2) is 23.1 Å². The molecule has 0 fully saturated rings. The molecule has 7 heteroatoms. The van der Waals surface area contributed by atoms with E-state index in [4.69, 9.17) is 4.74 Å². The van der Waals surface area contributed by atoms with Crippen LogP contribution in [0.5, 0.6) is 5.75 Å². The average Bonchev–Trinajstić information content (AvgIpc) is 3.06. The minimum atomic E-state index is -0.611. The van der Waals surface area contributed by atoms with Crippen LogP contribution < -0.4 is 15.2 Å². The van der Waals surface area contributed by atoms with Gasteiger partial charge in [0.2, 0.25) is 0 Å². The van der Waals surface area contributed by atoms with Gasteiger partial charge in [0.05, 0.1) is 17.5 Å². The number of pyridine rings is 1. The van der Waals surface area contributed by atoms with Gasteiger partial charge < -0.3 is 14.2 Å². The maximum absolute atomic E-state index is 12.7. The third-order valence-electron chi connectivity index (χ3n) is 4.89. The molecule has 1 aliphatic heterocycles. The molecule has 0 atom stereocenters. The Labute approximate surface area is 149 Å². The van der Waals surface area contributed by atoms with Crippen molar-refractivity contribution in [3.05, 3.63) is 68.5 Å². The summed E-state index contributed by atoms with van der Waals surface area (Å²) < 4.78 is 6.64. The molecule has 7 nitrogen and oxygen atoms in total. The third-order valence-corrected chi connectivity index (χ3v) is 4.89. The van der Waals surface area contributed by atoms with Gasteiger partial charge in [-0.25, -0.2) is 0 Å². The molecule has 26 heavy (non-hydrogen) atoms. The van der Waals surface area contributed by atoms with E-state index in [0.29, 0.717) is 28.9 Å². The molecular formula is C19H17N3O4.